The average molecular weight is 633 g/mol. The molecule has 0 spiro atoms. The van der Waals surface area contributed by atoms with Crippen molar-refractivity contribution in [2.24, 2.45) is 0 Å². The van der Waals surface area contributed by atoms with Crippen LogP contribution < -0.4 is 0 Å². The lowest BCUT2D eigenvalue weighted by atomic mass is 10.00. The van der Waals surface area contributed by atoms with Crippen LogP contribution in [0, 0.1) is 6.92 Å². The first-order valence-electron chi connectivity index (χ1n) is 15.5. The van der Waals surface area contributed by atoms with E-state index in [2.05, 4.69) is 41.8 Å². The molecule has 0 aliphatic carbocycles. The molecule has 0 fully saturated rings. The minimum absolute atomic E-state index is 0.482. The van der Waals surface area contributed by atoms with E-state index in [1.165, 1.54) is 12.1 Å². The van der Waals surface area contributed by atoms with Crippen molar-refractivity contribution in [3.05, 3.63) is 157 Å². The van der Waals surface area contributed by atoms with E-state index in [-0.39, 0.29) is 0 Å². The summed E-state index contributed by atoms with van der Waals surface area (Å²) in [4.78, 5) is 14.9. The van der Waals surface area contributed by atoms with Gasteiger partial charge in [0.05, 0.1) is 22.3 Å². The molecule has 8 rings (SSSR count). The van der Waals surface area contributed by atoms with Gasteiger partial charge in [0, 0.05) is 27.5 Å². The third-order valence-corrected chi connectivity index (χ3v) is 8.55. The molecule has 0 atom stereocenters. The predicted molar refractivity (Wildman–Crippen MR) is 186 cm³/mol. The molecule has 0 N–H and O–H groups in total. The standard InChI is InChI=1S/C41H27F3N4/c1-26-16-22-33-32-14-8-9-15-35(32)48(36(33)24-26)37-25-30(27-17-20-31(21-18-27)41(42,43)44)19-23-34(37)40-46-38(28-10-4-2-5-11-28)45-39(47-40)29-12-6-3-7-13-29/h2-25H,1H3. The third kappa shape index (κ3) is 5.29. The van der Waals surface area contributed by atoms with Crippen LogP contribution in [0.3, 0.4) is 0 Å². The van der Waals surface area contributed by atoms with Gasteiger partial charge in [-0.1, -0.05) is 109 Å². The van der Waals surface area contributed by atoms with Crippen LogP contribution in [0.15, 0.2) is 146 Å². The Morgan fingerprint density at radius 3 is 1.69 bits per heavy atom. The molecular weight excluding hydrogens is 605 g/mol. The Morgan fingerprint density at radius 2 is 1.04 bits per heavy atom. The van der Waals surface area contributed by atoms with E-state index in [4.69, 9.17) is 15.0 Å². The van der Waals surface area contributed by atoms with Gasteiger partial charge in [-0.3, -0.25) is 0 Å². The second-order valence-electron chi connectivity index (χ2n) is 11.7. The molecule has 6 aromatic carbocycles. The summed E-state index contributed by atoms with van der Waals surface area (Å²) < 4.78 is 42.5. The maximum absolute atomic E-state index is 13.4. The summed E-state index contributed by atoms with van der Waals surface area (Å²) in [6.45, 7) is 2.06. The largest absolute Gasteiger partial charge is 0.416 e. The molecule has 0 unspecified atom stereocenters. The van der Waals surface area contributed by atoms with Crippen molar-refractivity contribution in [2.45, 2.75) is 13.1 Å². The van der Waals surface area contributed by atoms with Crippen molar-refractivity contribution in [1.29, 1.82) is 0 Å². The van der Waals surface area contributed by atoms with Crippen molar-refractivity contribution < 1.29 is 13.2 Å². The first-order chi connectivity index (χ1) is 23.3. The van der Waals surface area contributed by atoms with Gasteiger partial charge < -0.3 is 4.57 Å². The van der Waals surface area contributed by atoms with Crippen LogP contribution >= 0.6 is 0 Å². The Hall–Kier alpha value is -6.08. The lowest BCUT2D eigenvalue weighted by molar-refractivity contribution is -0.137. The van der Waals surface area contributed by atoms with E-state index in [9.17, 15) is 13.2 Å². The van der Waals surface area contributed by atoms with Crippen molar-refractivity contribution >= 4 is 21.8 Å². The van der Waals surface area contributed by atoms with Crippen LogP contribution in [0.4, 0.5) is 13.2 Å². The van der Waals surface area contributed by atoms with Gasteiger partial charge in [-0.2, -0.15) is 13.2 Å². The Balaban J connectivity index is 1.43. The number of aryl methyl sites for hydroxylation is 1. The zero-order valence-corrected chi connectivity index (χ0v) is 25.8. The second kappa shape index (κ2) is 11.6. The van der Waals surface area contributed by atoms with Crippen LogP contribution in [-0.4, -0.2) is 19.5 Å². The molecule has 4 nitrogen and oxygen atoms in total. The minimum Gasteiger partial charge on any atom is -0.308 e. The van der Waals surface area contributed by atoms with Gasteiger partial charge in [0.2, 0.25) is 0 Å². The maximum atomic E-state index is 13.4. The summed E-state index contributed by atoms with van der Waals surface area (Å²) in [5.74, 6) is 1.56. The molecule has 0 bridgehead atoms. The number of aromatic nitrogens is 4. The number of para-hydroxylation sites is 1. The quantitative estimate of drug-likeness (QED) is 0.190. The highest BCUT2D eigenvalue weighted by molar-refractivity contribution is 6.10. The molecule has 0 aliphatic rings. The summed E-state index contributed by atoms with van der Waals surface area (Å²) in [5, 5.41) is 2.18. The first-order valence-corrected chi connectivity index (χ1v) is 15.5. The van der Waals surface area contributed by atoms with Crippen molar-refractivity contribution in [3.8, 4) is 51.0 Å². The summed E-state index contributed by atoms with van der Waals surface area (Å²) in [6, 6.07) is 45.3. The number of alkyl halides is 3. The monoisotopic (exact) mass is 632 g/mol. The predicted octanol–water partition coefficient (Wildman–Crippen LogP) is 11.0. The smallest absolute Gasteiger partial charge is 0.308 e. The Bertz CT molecular complexity index is 2370. The molecule has 48 heavy (non-hydrogen) atoms. The van der Waals surface area contributed by atoms with Gasteiger partial charge in [0.1, 0.15) is 0 Å². The topological polar surface area (TPSA) is 43.6 Å². The number of hydrogen-bond donors (Lipinski definition) is 0. The van der Waals surface area contributed by atoms with Gasteiger partial charge in [-0.05, 0) is 60.0 Å². The maximum Gasteiger partial charge on any atom is 0.416 e. The van der Waals surface area contributed by atoms with Crippen LogP contribution in [0.25, 0.3) is 72.8 Å². The summed E-state index contributed by atoms with van der Waals surface area (Å²) >= 11 is 0. The Morgan fingerprint density at radius 1 is 0.479 bits per heavy atom. The fourth-order valence-electron chi connectivity index (χ4n) is 6.21. The Kier molecular flexibility index (Phi) is 7.10. The first kappa shape index (κ1) is 29.3. The molecule has 2 aromatic heterocycles. The van der Waals surface area contributed by atoms with Gasteiger partial charge in [-0.25, -0.2) is 15.0 Å². The SMILES string of the molecule is Cc1ccc2c3ccccc3n(-c3cc(-c4ccc(C(F)(F)F)cc4)ccc3-c3nc(-c4ccccc4)nc(-c4ccccc4)n3)c2c1. The summed E-state index contributed by atoms with van der Waals surface area (Å²) in [5.41, 5.74) is 7.10. The van der Waals surface area contributed by atoms with Crippen LogP contribution in [0.1, 0.15) is 11.1 Å². The highest BCUT2D eigenvalue weighted by Gasteiger charge is 2.30. The molecular formula is C41H27F3N4. The lowest BCUT2D eigenvalue weighted by Crippen LogP contribution is -2.05. The van der Waals surface area contributed by atoms with E-state index < -0.39 is 11.7 Å². The van der Waals surface area contributed by atoms with Crippen LogP contribution in [0.2, 0.25) is 0 Å². The zero-order chi connectivity index (χ0) is 32.8. The molecule has 0 saturated carbocycles. The molecule has 0 radical (unpaired) electrons. The lowest BCUT2D eigenvalue weighted by Gasteiger charge is -2.17. The molecule has 8 aromatic rings. The van der Waals surface area contributed by atoms with Gasteiger partial charge >= 0.3 is 6.18 Å². The van der Waals surface area contributed by atoms with Gasteiger partial charge in [0.25, 0.3) is 0 Å². The van der Waals surface area contributed by atoms with Gasteiger partial charge in [0.15, 0.2) is 17.5 Å². The fraction of sp³-hybridized carbons (Fsp3) is 0.0488. The van der Waals surface area contributed by atoms with E-state index >= 15 is 0 Å². The summed E-state index contributed by atoms with van der Waals surface area (Å²) in [7, 11) is 0. The highest BCUT2D eigenvalue weighted by atomic mass is 19.4. The van der Waals surface area contributed by atoms with Gasteiger partial charge in [-0.15, -0.1) is 0 Å². The molecule has 232 valence electrons. The Labute approximate surface area is 274 Å². The normalized spacial score (nSPS) is 11.8. The minimum atomic E-state index is -4.42. The van der Waals surface area contributed by atoms with Crippen LogP contribution in [-0.2, 0) is 6.18 Å². The fourth-order valence-corrected chi connectivity index (χ4v) is 6.21. The summed E-state index contributed by atoms with van der Waals surface area (Å²) in [6.07, 6.45) is -4.42. The zero-order valence-electron chi connectivity index (χ0n) is 25.8. The van der Waals surface area contributed by atoms with E-state index in [0.717, 1.165) is 67.4 Å². The van der Waals surface area contributed by atoms with Crippen molar-refractivity contribution in [3.63, 3.8) is 0 Å². The van der Waals surface area contributed by atoms with Crippen molar-refractivity contribution in [1.82, 2.24) is 19.5 Å². The molecule has 7 heteroatoms. The third-order valence-electron chi connectivity index (χ3n) is 8.55. The highest BCUT2D eigenvalue weighted by Crippen LogP contribution is 2.39. The number of benzene rings is 6. The molecule has 2 heterocycles. The van der Waals surface area contributed by atoms with E-state index in [0.29, 0.717) is 23.0 Å². The number of fused-ring (bicyclic) bond motifs is 3. The molecule has 0 aliphatic heterocycles. The number of hydrogen-bond acceptors (Lipinski definition) is 3. The average Bonchev–Trinajstić information content (AvgIpc) is 3.45. The number of nitrogens with zero attached hydrogens (tertiary/aromatic N) is 4. The second-order valence-corrected chi connectivity index (χ2v) is 11.7. The van der Waals surface area contributed by atoms with Crippen LogP contribution in [0.5, 0.6) is 0 Å². The van der Waals surface area contributed by atoms with E-state index in [1.807, 2.05) is 91.0 Å². The molecule has 0 amide bonds. The van der Waals surface area contributed by atoms with Crippen molar-refractivity contribution in [2.75, 3.05) is 0 Å². The number of rotatable bonds is 5. The number of halogens is 3. The molecule has 0 saturated heterocycles. The van der Waals surface area contributed by atoms with E-state index in [1.54, 1.807) is 0 Å².